The number of hydrogen-bond donors (Lipinski definition) is 2. The monoisotopic (exact) mass is 248 g/mol. The van der Waals surface area contributed by atoms with Crippen molar-refractivity contribution in [3.63, 3.8) is 0 Å². The second kappa shape index (κ2) is 5.32. The predicted molar refractivity (Wildman–Crippen MR) is 69.7 cm³/mol. The number of hydrazine groups is 1. The molecule has 0 fully saturated rings. The van der Waals surface area contributed by atoms with Crippen molar-refractivity contribution >= 4 is 0 Å². The van der Waals surface area contributed by atoms with Crippen LogP contribution in [-0.2, 0) is 20.0 Å². The van der Waals surface area contributed by atoms with Crippen molar-refractivity contribution in [3.8, 4) is 0 Å². The van der Waals surface area contributed by atoms with Crippen LogP contribution in [0.25, 0.3) is 0 Å². The highest BCUT2D eigenvalue weighted by atomic mass is 15.3. The molecule has 3 N–H and O–H groups in total. The standard InChI is InChI=1S/C12H20N6/c1-4-9-8-10(17(3)16-9)11(15-13)12-14-6-7-18(12)5-2/h6-8,11,15H,4-5,13H2,1-3H3. The summed E-state index contributed by atoms with van der Waals surface area (Å²) in [4.78, 5) is 4.39. The third kappa shape index (κ3) is 2.16. The molecule has 0 saturated carbocycles. The number of nitrogens with zero attached hydrogens (tertiary/aromatic N) is 4. The number of imidazole rings is 1. The zero-order valence-corrected chi connectivity index (χ0v) is 11.1. The molecule has 0 aliphatic heterocycles. The summed E-state index contributed by atoms with van der Waals surface area (Å²) in [7, 11) is 1.93. The molecule has 2 heterocycles. The van der Waals surface area contributed by atoms with Crippen LogP contribution in [0.1, 0.15) is 37.1 Å². The van der Waals surface area contributed by atoms with E-state index < -0.39 is 0 Å². The Hall–Kier alpha value is -1.66. The first-order chi connectivity index (χ1) is 8.71. The molecule has 2 aromatic rings. The molecule has 0 spiro atoms. The number of nitrogens with one attached hydrogen (secondary N) is 1. The van der Waals surface area contributed by atoms with Crippen molar-refractivity contribution in [1.82, 2.24) is 24.8 Å². The number of rotatable bonds is 5. The molecule has 2 aromatic heterocycles. The van der Waals surface area contributed by atoms with Crippen molar-refractivity contribution < 1.29 is 0 Å². The molecular weight excluding hydrogens is 228 g/mol. The Morgan fingerprint density at radius 3 is 2.78 bits per heavy atom. The largest absolute Gasteiger partial charge is 0.334 e. The van der Waals surface area contributed by atoms with Crippen molar-refractivity contribution in [3.05, 3.63) is 35.7 Å². The zero-order chi connectivity index (χ0) is 13.1. The molecular formula is C12H20N6. The third-order valence-corrected chi connectivity index (χ3v) is 3.14. The highest BCUT2D eigenvalue weighted by molar-refractivity contribution is 5.21. The summed E-state index contributed by atoms with van der Waals surface area (Å²) in [5.41, 5.74) is 4.91. The summed E-state index contributed by atoms with van der Waals surface area (Å²) >= 11 is 0. The molecule has 0 bridgehead atoms. The van der Waals surface area contributed by atoms with Gasteiger partial charge in [-0.05, 0) is 19.4 Å². The fraction of sp³-hybridized carbons (Fsp3) is 0.500. The summed E-state index contributed by atoms with van der Waals surface area (Å²) < 4.78 is 3.93. The highest BCUT2D eigenvalue weighted by Crippen LogP contribution is 2.20. The minimum absolute atomic E-state index is 0.141. The Morgan fingerprint density at radius 1 is 1.44 bits per heavy atom. The second-order valence-corrected chi connectivity index (χ2v) is 4.21. The Bertz CT molecular complexity index is 512. The molecule has 18 heavy (non-hydrogen) atoms. The van der Waals surface area contributed by atoms with Crippen LogP contribution < -0.4 is 11.3 Å². The van der Waals surface area contributed by atoms with Crippen LogP contribution in [0.15, 0.2) is 18.5 Å². The molecule has 0 amide bonds. The van der Waals surface area contributed by atoms with E-state index in [-0.39, 0.29) is 6.04 Å². The Balaban J connectivity index is 2.41. The lowest BCUT2D eigenvalue weighted by atomic mass is 10.1. The Morgan fingerprint density at radius 2 is 2.22 bits per heavy atom. The minimum atomic E-state index is -0.141. The molecule has 0 aliphatic rings. The maximum absolute atomic E-state index is 5.69. The van der Waals surface area contributed by atoms with Gasteiger partial charge in [-0.2, -0.15) is 5.10 Å². The maximum Gasteiger partial charge on any atom is 0.133 e. The van der Waals surface area contributed by atoms with Gasteiger partial charge in [-0.15, -0.1) is 0 Å². The van der Waals surface area contributed by atoms with E-state index in [0.717, 1.165) is 30.2 Å². The van der Waals surface area contributed by atoms with Gasteiger partial charge < -0.3 is 4.57 Å². The lowest BCUT2D eigenvalue weighted by Gasteiger charge is -2.16. The molecule has 98 valence electrons. The molecule has 0 saturated heterocycles. The molecule has 1 unspecified atom stereocenters. The smallest absolute Gasteiger partial charge is 0.133 e. The topological polar surface area (TPSA) is 73.7 Å². The molecule has 0 radical (unpaired) electrons. The molecule has 0 aromatic carbocycles. The van der Waals surface area contributed by atoms with Crippen molar-refractivity contribution in [2.24, 2.45) is 12.9 Å². The lowest BCUT2D eigenvalue weighted by molar-refractivity contribution is 0.523. The molecule has 0 aliphatic carbocycles. The summed E-state index contributed by atoms with van der Waals surface area (Å²) in [6.07, 6.45) is 4.66. The second-order valence-electron chi connectivity index (χ2n) is 4.21. The minimum Gasteiger partial charge on any atom is -0.334 e. The average molecular weight is 248 g/mol. The van der Waals surface area contributed by atoms with Gasteiger partial charge in [-0.1, -0.05) is 6.92 Å². The van der Waals surface area contributed by atoms with Crippen molar-refractivity contribution in [2.75, 3.05) is 0 Å². The fourth-order valence-electron chi connectivity index (χ4n) is 2.13. The van der Waals surface area contributed by atoms with E-state index in [0.29, 0.717) is 0 Å². The molecule has 6 nitrogen and oxygen atoms in total. The van der Waals surface area contributed by atoms with Crippen LogP contribution in [0.4, 0.5) is 0 Å². The normalized spacial score (nSPS) is 12.9. The van der Waals surface area contributed by atoms with Crippen LogP contribution in [0.2, 0.25) is 0 Å². The zero-order valence-electron chi connectivity index (χ0n) is 11.1. The summed E-state index contributed by atoms with van der Waals surface area (Å²) in [5.74, 6) is 6.60. The summed E-state index contributed by atoms with van der Waals surface area (Å²) in [6.45, 7) is 5.04. The van der Waals surface area contributed by atoms with E-state index >= 15 is 0 Å². The highest BCUT2D eigenvalue weighted by Gasteiger charge is 2.21. The molecule has 1 atom stereocenters. The van der Waals surface area contributed by atoms with Gasteiger partial charge in [0.15, 0.2) is 0 Å². The Labute approximate surface area is 107 Å². The van der Waals surface area contributed by atoms with Crippen LogP contribution in [0.5, 0.6) is 0 Å². The van der Waals surface area contributed by atoms with Gasteiger partial charge in [0.2, 0.25) is 0 Å². The van der Waals surface area contributed by atoms with E-state index in [1.54, 1.807) is 6.20 Å². The van der Waals surface area contributed by atoms with Gasteiger partial charge in [0, 0.05) is 26.0 Å². The van der Waals surface area contributed by atoms with Crippen molar-refractivity contribution in [2.45, 2.75) is 32.9 Å². The maximum atomic E-state index is 5.69. The first kappa shape index (κ1) is 12.8. The van der Waals surface area contributed by atoms with Crippen LogP contribution in [0, 0.1) is 0 Å². The van der Waals surface area contributed by atoms with Gasteiger partial charge in [-0.3, -0.25) is 10.5 Å². The van der Waals surface area contributed by atoms with E-state index in [2.05, 4.69) is 40.0 Å². The van der Waals surface area contributed by atoms with Gasteiger partial charge in [0.25, 0.3) is 0 Å². The molecule has 2 rings (SSSR count). The van der Waals surface area contributed by atoms with Crippen LogP contribution in [0.3, 0.4) is 0 Å². The van der Waals surface area contributed by atoms with Crippen molar-refractivity contribution in [1.29, 1.82) is 0 Å². The first-order valence-corrected chi connectivity index (χ1v) is 6.21. The lowest BCUT2D eigenvalue weighted by Crippen LogP contribution is -2.32. The van der Waals surface area contributed by atoms with E-state index in [4.69, 9.17) is 5.84 Å². The molecule has 6 heteroatoms. The summed E-state index contributed by atoms with van der Waals surface area (Å²) in [5, 5.41) is 4.45. The van der Waals surface area contributed by atoms with Gasteiger partial charge in [0.1, 0.15) is 11.9 Å². The fourth-order valence-corrected chi connectivity index (χ4v) is 2.13. The number of aromatic nitrogens is 4. The number of nitrogens with two attached hydrogens (primary N) is 1. The average Bonchev–Trinajstić information content (AvgIpc) is 2.98. The number of hydrogen-bond acceptors (Lipinski definition) is 4. The quantitative estimate of drug-likeness (QED) is 0.605. The predicted octanol–water partition coefficient (Wildman–Crippen LogP) is 0.752. The van der Waals surface area contributed by atoms with E-state index in [1.807, 2.05) is 17.9 Å². The SMILES string of the molecule is CCc1cc(C(NN)c2nccn2CC)n(C)n1. The van der Waals surface area contributed by atoms with E-state index in [9.17, 15) is 0 Å². The van der Waals surface area contributed by atoms with E-state index in [1.165, 1.54) is 0 Å². The Kier molecular flexibility index (Phi) is 3.78. The number of aryl methyl sites for hydroxylation is 3. The first-order valence-electron chi connectivity index (χ1n) is 6.21. The van der Waals surface area contributed by atoms with Gasteiger partial charge in [0.05, 0.1) is 11.4 Å². The van der Waals surface area contributed by atoms with Crippen LogP contribution >= 0.6 is 0 Å². The van der Waals surface area contributed by atoms with Gasteiger partial charge >= 0.3 is 0 Å². The summed E-state index contributed by atoms with van der Waals surface area (Å²) in [6, 6.07) is 1.93. The third-order valence-electron chi connectivity index (χ3n) is 3.14. The van der Waals surface area contributed by atoms with Crippen LogP contribution in [-0.4, -0.2) is 19.3 Å². The van der Waals surface area contributed by atoms with Gasteiger partial charge in [-0.25, -0.2) is 10.4 Å².